The third kappa shape index (κ3) is 3.67. The third-order valence-corrected chi connectivity index (χ3v) is 4.78. The summed E-state index contributed by atoms with van der Waals surface area (Å²) in [4.78, 5) is 21.1. The molecule has 22 heavy (non-hydrogen) atoms. The van der Waals surface area contributed by atoms with Crippen molar-refractivity contribution in [3.63, 3.8) is 0 Å². The van der Waals surface area contributed by atoms with Crippen LogP contribution in [0.4, 0.5) is 0 Å². The Morgan fingerprint density at radius 3 is 2.82 bits per heavy atom. The van der Waals surface area contributed by atoms with E-state index < -0.39 is 0 Å². The second kappa shape index (κ2) is 7.24. The van der Waals surface area contributed by atoms with E-state index in [9.17, 15) is 4.79 Å². The highest BCUT2D eigenvalue weighted by molar-refractivity contribution is 5.92. The van der Waals surface area contributed by atoms with Crippen LogP contribution in [0.2, 0.25) is 0 Å². The average Bonchev–Trinajstić information content (AvgIpc) is 3.04. The number of aromatic nitrogens is 1. The third-order valence-electron chi connectivity index (χ3n) is 4.78. The summed E-state index contributed by atoms with van der Waals surface area (Å²) in [6.07, 6.45) is 7.45. The van der Waals surface area contributed by atoms with E-state index in [-0.39, 0.29) is 5.91 Å². The van der Waals surface area contributed by atoms with Gasteiger partial charge >= 0.3 is 0 Å². The van der Waals surface area contributed by atoms with Crippen molar-refractivity contribution in [2.45, 2.75) is 44.7 Å². The van der Waals surface area contributed by atoms with Gasteiger partial charge in [0, 0.05) is 39.3 Å². The van der Waals surface area contributed by atoms with E-state index in [4.69, 9.17) is 4.42 Å². The molecule has 2 heterocycles. The Kier molecular flexibility index (Phi) is 5.10. The van der Waals surface area contributed by atoms with Crippen LogP contribution in [0.25, 0.3) is 0 Å². The molecule has 1 saturated heterocycles. The van der Waals surface area contributed by atoms with Crippen LogP contribution in [0.1, 0.15) is 48.5 Å². The van der Waals surface area contributed by atoms with Gasteiger partial charge in [-0.25, -0.2) is 4.98 Å². The monoisotopic (exact) mass is 306 g/mol. The van der Waals surface area contributed by atoms with Gasteiger partial charge in [0.1, 0.15) is 6.26 Å². The molecule has 6 heteroatoms. The van der Waals surface area contributed by atoms with Crippen LogP contribution in [0.5, 0.6) is 0 Å². The fourth-order valence-electron chi connectivity index (χ4n) is 3.36. The standard InChI is InChI=1S/C16H26N4O2/c1-19(13-5-3-2-4-6-13)16(21)14-12-22-15(18-14)11-20-9-7-17-8-10-20/h12-13,17H,2-11H2,1H3. The summed E-state index contributed by atoms with van der Waals surface area (Å²) in [5, 5.41) is 3.32. The number of nitrogens with one attached hydrogen (secondary N) is 1. The molecule has 1 aliphatic carbocycles. The summed E-state index contributed by atoms with van der Waals surface area (Å²) in [5.74, 6) is 0.629. The Balaban J connectivity index is 1.58. The minimum absolute atomic E-state index is 0.0118. The second-order valence-electron chi connectivity index (χ2n) is 6.36. The molecular formula is C16H26N4O2. The molecule has 1 amide bonds. The normalized spacial score (nSPS) is 21.0. The van der Waals surface area contributed by atoms with Crippen LogP contribution in [0.3, 0.4) is 0 Å². The molecule has 0 bridgehead atoms. The molecule has 2 aliphatic rings. The van der Waals surface area contributed by atoms with Crippen LogP contribution in [-0.2, 0) is 6.54 Å². The van der Waals surface area contributed by atoms with E-state index in [0.29, 0.717) is 24.2 Å². The minimum Gasteiger partial charge on any atom is -0.447 e. The molecular weight excluding hydrogens is 280 g/mol. The Bertz CT molecular complexity index is 490. The van der Waals surface area contributed by atoms with Gasteiger partial charge in [-0.15, -0.1) is 0 Å². The highest BCUT2D eigenvalue weighted by Crippen LogP contribution is 2.22. The molecule has 0 atom stereocenters. The SMILES string of the molecule is CN(C(=O)c1coc(CN2CCNCC2)n1)C1CCCCC1. The van der Waals surface area contributed by atoms with Crippen molar-refractivity contribution in [1.29, 1.82) is 0 Å². The van der Waals surface area contributed by atoms with E-state index in [0.717, 1.165) is 39.0 Å². The van der Waals surface area contributed by atoms with Crippen LogP contribution in [0.15, 0.2) is 10.7 Å². The van der Waals surface area contributed by atoms with Gasteiger partial charge in [-0.2, -0.15) is 0 Å². The number of amides is 1. The quantitative estimate of drug-likeness (QED) is 0.913. The van der Waals surface area contributed by atoms with E-state index in [1.807, 2.05) is 11.9 Å². The van der Waals surface area contributed by atoms with Crippen LogP contribution in [0, 0.1) is 0 Å². The molecule has 2 fully saturated rings. The summed E-state index contributed by atoms with van der Waals surface area (Å²) in [6.45, 7) is 4.66. The fourth-order valence-corrected chi connectivity index (χ4v) is 3.36. The van der Waals surface area contributed by atoms with Gasteiger partial charge in [-0.1, -0.05) is 19.3 Å². The minimum atomic E-state index is -0.0118. The molecule has 122 valence electrons. The highest BCUT2D eigenvalue weighted by atomic mass is 16.3. The van der Waals surface area contributed by atoms with Crippen LogP contribution in [-0.4, -0.2) is 60.0 Å². The highest BCUT2D eigenvalue weighted by Gasteiger charge is 2.25. The molecule has 1 N–H and O–H groups in total. The summed E-state index contributed by atoms with van der Waals surface area (Å²) in [5.41, 5.74) is 0.443. The van der Waals surface area contributed by atoms with Gasteiger partial charge in [0.25, 0.3) is 5.91 Å². The number of oxazole rings is 1. The predicted molar refractivity (Wildman–Crippen MR) is 83.6 cm³/mol. The largest absolute Gasteiger partial charge is 0.447 e. The Morgan fingerprint density at radius 1 is 1.36 bits per heavy atom. The van der Waals surface area contributed by atoms with Crippen molar-refractivity contribution in [3.8, 4) is 0 Å². The van der Waals surface area contributed by atoms with Gasteiger partial charge in [-0.3, -0.25) is 9.69 Å². The number of piperazine rings is 1. The molecule has 3 rings (SSSR count). The van der Waals surface area contributed by atoms with E-state index in [2.05, 4.69) is 15.2 Å². The number of rotatable bonds is 4. The van der Waals surface area contributed by atoms with Gasteiger partial charge in [0.2, 0.25) is 5.89 Å². The zero-order valence-electron chi connectivity index (χ0n) is 13.4. The maximum atomic E-state index is 12.5. The van der Waals surface area contributed by atoms with E-state index >= 15 is 0 Å². The van der Waals surface area contributed by atoms with Gasteiger partial charge in [0.15, 0.2) is 5.69 Å². The van der Waals surface area contributed by atoms with Crippen LogP contribution < -0.4 is 5.32 Å². The van der Waals surface area contributed by atoms with Crippen molar-refractivity contribution >= 4 is 5.91 Å². The number of hydrogen-bond donors (Lipinski definition) is 1. The molecule has 6 nitrogen and oxygen atoms in total. The average molecular weight is 306 g/mol. The smallest absolute Gasteiger partial charge is 0.275 e. The number of carbonyl (C=O) groups excluding carboxylic acids is 1. The van der Waals surface area contributed by atoms with Crippen LogP contribution >= 0.6 is 0 Å². The maximum absolute atomic E-state index is 12.5. The van der Waals surface area contributed by atoms with Crippen molar-refractivity contribution in [1.82, 2.24) is 20.1 Å². The topological polar surface area (TPSA) is 61.6 Å². The van der Waals surface area contributed by atoms with Crippen molar-refractivity contribution in [2.24, 2.45) is 0 Å². The molecule has 1 aromatic heterocycles. The first-order valence-electron chi connectivity index (χ1n) is 8.38. The molecule has 1 aromatic rings. The van der Waals surface area contributed by atoms with Gasteiger partial charge in [0.05, 0.1) is 6.54 Å². The zero-order chi connectivity index (χ0) is 15.4. The summed E-state index contributed by atoms with van der Waals surface area (Å²) >= 11 is 0. The molecule has 1 saturated carbocycles. The second-order valence-corrected chi connectivity index (χ2v) is 6.36. The lowest BCUT2D eigenvalue weighted by Gasteiger charge is -2.30. The lowest BCUT2D eigenvalue weighted by molar-refractivity contribution is 0.0690. The lowest BCUT2D eigenvalue weighted by atomic mass is 9.94. The molecule has 1 aliphatic heterocycles. The van der Waals surface area contributed by atoms with E-state index in [1.165, 1.54) is 25.5 Å². The zero-order valence-corrected chi connectivity index (χ0v) is 13.4. The van der Waals surface area contributed by atoms with Gasteiger partial charge < -0.3 is 14.6 Å². The van der Waals surface area contributed by atoms with Gasteiger partial charge in [-0.05, 0) is 12.8 Å². The first kappa shape index (κ1) is 15.5. The van der Waals surface area contributed by atoms with E-state index in [1.54, 1.807) is 0 Å². The molecule has 0 aromatic carbocycles. The number of carbonyl (C=O) groups is 1. The Morgan fingerprint density at radius 2 is 2.09 bits per heavy atom. The lowest BCUT2D eigenvalue weighted by Crippen LogP contribution is -2.43. The number of hydrogen-bond acceptors (Lipinski definition) is 5. The molecule has 0 radical (unpaired) electrons. The summed E-state index contributed by atoms with van der Waals surface area (Å²) in [7, 11) is 1.89. The Labute approximate surface area is 131 Å². The maximum Gasteiger partial charge on any atom is 0.275 e. The van der Waals surface area contributed by atoms with Crippen molar-refractivity contribution in [3.05, 3.63) is 17.8 Å². The molecule has 0 unspecified atom stereocenters. The Hall–Kier alpha value is -1.40. The first-order chi connectivity index (χ1) is 10.7. The fraction of sp³-hybridized carbons (Fsp3) is 0.750. The van der Waals surface area contributed by atoms with Crippen molar-refractivity contribution in [2.75, 3.05) is 33.2 Å². The summed E-state index contributed by atoms with van der Waals surface area (Å²) in [6, 6.07) is 0.356. The summed E-state index contributed by atoms with van der Waals surface area (Å²) < 4.78 is 5.51. The molecule has 0 spiro atoms. The number of nitrogens with zero attached hydrogens (tertiary/aromatic N) is 3. The first-order valence-corrected chi connectivity index (χ1v) is 8.38. The predicted octanol–water partition coefficient (Wildman–Crippen LogP) is 1.48. The van der Waals surface area contributed by atoms with Crippen molar-refractivity contribution < 1.29 is 9.21 Å².